The summed E-state index contributed by atoms with van der Waals surface area (Å²) in [7, 11) is 0. The summed E-state index contributed by atoms with van der Waals surface area (Å²) in [5, 5.41) is 9.59. The third-order valence-electron chi connectivity index (χ3n) is 2.88. The summed E-state index contributed by atoms with van der Waals surface area (Å²) in [6.07, 6.45) is -0.798. The largest absolute Gasteiger partial charge is 0.365 e. The van der Waals surface area contributed by atoms with Crippen LogP contribution >= 0.6 is 0 Å². The van der Waals surface area contributed by atoms with Crippen LogP contribution < -0.4 is 0 Å². The second-order valence-electron chi connectivity index (χ2n) is 4.28. The highest BCUT2D eigenvalue weighted by Gasteiger charge is 2.24. The Morgan fingerprint density at radius 3 is 2.15 bits per heavy atom. The summed E-state index contributed by atoms with van der Waals surface area (Å²) in [5.41, 5.74) is 1.24. The maximum atomic E-state index is 12.5. The Balaban J connectivity index is 2.32. The summed E-state index contributed by atoms with van der Waals surface area (Å²) >= 11 is 0. The van der Waals surface area contributed by atoms with E-state index in [1.807, 2.05) is 24.3 Å². The Morgan fingerprint density at radius 1 is 1.05 bits per heavy atom. The standard InChI is InChI=1S/C17H16O3/c1-2-15(18)20-17(14-11-7-4-8-12-14)16(19)13-9-5-3-6-10-13/h2-12,15,17-18H,1H2. The van der Waals surface area contributed by atoms with Crippen molar-refractivity contribution in [1.29, 1.82) is 0 Å². The molecule has 1 N–H and O–H groups in total. The maximum absolute atomic E-state index is 12.5. The zero-order valence-electron chi connectivity index (χ0n) is 11.0. The first kappa shape index (κ1) is 14.2. The lowest BCUT2D eigenvalue weighted by Crippen LogP contribution is -2.21. The van der Waals surface area contributed by atoms with Crippen LogP contribution in [0, 0.1) is 0 Å². The molecule has 0 radical (unpaired) electrons. The zero-order valence-corrected chi connectivity index (χ0v) is 11.0. The predicted octanol–water partition coefficient (Wildman–Crippen LogP) is 3.13. The topological polar surface area (TPSA) is 46.5 Å². The summed E-state index contributed by atoms with van der Waals surface area (Å²) in [6, 6.07) is 18.0. The number of carbonyl (C=O) groups is 1. The van der Waals surface area contributed by atoms with E-state index in [2.05, 4.69) is 6.58 Å². The SMILES string of the molecule is C=CC(O)OC(C(=O)c1ccccc1)c1ccccc1. The monoisotopic (exact) mass is 268 g/mol. The van der Waals surface area contributed by atoms with Crippen molar-refractivity contribution in [3.63, 3.8) is 0 Å². The summed E-state index contributed by atoms with van der Waals surface area (Å²) in [6.45, 7) is 3.45. The van der Waals surface area contributed by atoms with Gasteiger partial charge in [0.25, 0.3) is 0 Å². The molecule has 0 saturated carbocycles. The van der Waals surface area contributed by atoms with Gasteiger partial charge in [0.05, 0.1) is 0 Å². The molecule has 0 aliphatic carbocycles. The van der Waals surface area contributed by atoms with Gasteiger partial charge in [-0.2, -0.15) is 0 Å². The fourth-order valence-corrected chi connectivity index (χ4v) is 1.87. The average Bonchev–Trinajstić information content (AvgIpc) is 2.53. The van der Waals surface area contributed by atoms with Crippen molar-refractivity contribution in [3.8, 4) is 0 Å². The molecule has 0 aromatic heterocycles. The third-order valence-corrected chi connectivity index (χ3v) is 2.88. The number of hydrogen-bond acceptors (Lipinski definition) is 3. The minimum atomic E-state index is -1.19. The van der Waals surface area contributed by atoms with E-state index < -0.39 is 12.4 Å². The predicted molar refractivity (Wildman–Crippen MR) is 77.2 cm³/mol. The van der Waals surface area contributed by atoms with Gasteiger partial charge in [0.15, 0.2) is 12.1 Å². The molecule has 0 aliphatic rings. The summed E-state index contributed by atoms with van der Waals surface area (Å²) < 4.78 is 5.39. The van der Waals surface area contributed by atoms with Crippen LogP contribution in [0.3, 0.4) is 0 Å². The molecule has 0 heterocycles. The van der Waals surface area contributed by atoms with Crippen LogP contribution in [-0.4, -0.2) is 17.2 Å². The number of aliphatic hydroxyl groups is 1. The average molecular weight is 268 g/mol. The van der Waals surface area contributed by atoms with Gasteiger partial charge in [0.2, 0.25) is 0 Å². The number of benzene rings is 2. The first-order chi connectivity index (χ1) is 9.72. The normalized spacial score (nSPS) is 13.4. The molecule has 0 bridgehead atoms. The highest BCUT2D eigenvalue weighted by atomic mass is 16.6. The van der Waals surface area contributed by atoms with E-state index in [0.717, 1.165) is 0 Å². The van der Waals surface area contributed by atoms with E-state index in [1.54, 1.807) is 36.4 Å². The number of ketones is 1. The number of carbonyl (C=O) groups excluding carboxylic acids is 1. The second kappa shape index (κ2) is 6.80. The van der Waals surface area contributed by atoms with E-state index in [1.165, 1.54) is 6.08 Å². The molecule has 2 aromatic carbocycles. The highest BCUT2D eigenvalue weighted by molar-refractivity contribution is 6.00. The first-order valence-corrected chi connectivity index (χ1v) is 6.32. The third kappa shape index (κ3) is 3.41. The van der Waals surface area contributed by atoms with Gasteiger partial charge in [-0.05, 0) is 11.6 Å². The lowest BCUT2D eigenvalue weighted by molar-refractivity contribution is -0.0931. The van der Waals surface area contributed by atoms with Crippen LogP contribution in [0.25, 0.3) is 0 Å². The quantitative estimate of drug-likeness (QED) is 0.497. The van der Waals surface area contributed by atoms with Crippen molar-refractivity contribution >= 4 is 5.78 Å². The molecule has 2 unspecified atom stereocenters. The molecule has 0 fully saturated rings. The molecule has 102 valence electrons. The number of aliphatic hydroxyl groups excluding tert-OH is 1. The molecular weight excluding hydrogens is 252 g/mol. The van der Waals surface area contributed by atoms with E-state index >= 15 is 0 Å². The molecule has 2 aromatic rings. The van der Waals surface area contributed by atoms with E-state index in [-0.39, 0.29) is 5.78 Å². The van der Waals surface area contributed by atoms with Crippen LogP contribution in [0.15, 0.2) is 73.3 Å². The number of hydrogen-bond donors (Lipinski definition) is 1. The van der Waals surface area contributed by atoms with Gasteiger partial charge in [-0.15, -0.1) is 0 Å². The second-order valence-corrected chi connectivity index (χ2v) is 4.28. The van der Waals surface area contributed by atoms with Gasteiger partial charge >= 0.3 is 0 Å². The van der Waals surface area contributed by atoms with Crippen molar-refractivity contribution in [3.05, 3.63) is 84.4 Å². The number of Topliss-reactive ketones (excluding diaryl/α,β-unsaturated/α-hetero) is 1. The van der Waals surface area contributed by atoms with Crippen molar-refractivity contribution < 1.29 is 14.6 Å². The van der Waals surface area contributed by atoms with E-state index in [9.17, 15) is 9.90 Å². The molecule has 3 heteroatoms. The molecule has 3 nitrogen and oxygen atoms in total. The molecule has 0 amide bonds. The van der Waals surface area contributed by atoms with Gasteiger partial charge in [0.1, 0.15) is 6.10 Å². The fourth-order valence-electron chi connectivity index (χ4n) is 1.87. The van der Waals surface area contributed by atoms with Crippen molar-refractivity contribution in [2.24, 2.45) is 0 Å². The molecule has 0 spiro atoms. The summed E-state index contributed by atoms with van der Waals surface area (Å²) in [5.74, 6) is -0.197. The van der Waals surface area contributed by atoms with Crippen LogP contribution in [-0.2, 0) is 4.74 Å². The number of rotatable bonds is 6. The van der Waals surface area contributed by atoms with Crippen LogP contribution in [0.2, 0.25) is 0 Å². The van der Waals surface area contributed by atoms with Crippen molar-refractivity contribution in [2.45, 2.75) is 12.4 Å². The minimum absolute atomic E-state index is 0.197. The van der Waals surface area contributed by atoms with Crippen molar-refractivity contribution in [1.82, 2.24) is 0 Å². The van der Waals surface area contributed by atoms with E-state index in [4.69, 9.17) is 4.74 Å². The Kier molecular flexibility index (Phi) is 4.82. The Bertz CT molecular complexity index is 563. The Labute approximate surface area is 118 Å². The maximum Gasteiger partial charge on any atom is 0.196 e. The van der Waals surface area contributed by atoms with E-state index in [0.29, 0.717) is 11.1 Å². The molecule has 0 aliphatic heterocycles. The molecule has 2 atom stereocenters. The molecule has 20 heavy (non-hydrogen) atoms. The van der Waals surface area contributed by atoms with Gasteiger partial charge in [-0.3, -0.25) is 4.79 Å². The van der Waals surface area contributed by atoms with Crippen LogP contribution in [0.5, 0.6) is 0 Å². The zero-order chi connectivity index (χ0) is 14.4. The lowest BCUT2D eigenvalue weighted by atomic mass is 10.00. The highest BCUT2D eigenvalue weighted by Crippen LogP contribution is 2.23. The molecular formula is C17H16O3. The van der Waals surface area contributed by atoms with Gasteiger partial charge < -0.3 is 9.84 Å². The van der Waals surface area contributed by atoms with Crippen LogP contribution in [0.4, 0.5) is 0 Å². The Morgan fingerprint density at radius 2 is 1.60 bits per heavy atom. The fraction of sp³-hybridized carbons (Fsp3) is 0.118. The number of ether oxygens (including phenoxy) is 1. The summed E-state index contributed by atoms with van der Waals surface area (Å²) in [4.78, 5) is 12.5. The van der Waals surface area contributed by atoms with Gasteiger partial charge in [-0.25, -0.2) is 0 Å². The smallest absolute Gasteiger partial charge is 0.196 e. The molecule has 2 rings (SSSR count). The Hall–Kier alpha value is -2.23. The minimum Gasteiger partial charge on any atom is -0.365 e. The van der Waals surface area contributed by atoms with Gasteiger partial charge in [0, 0.05) is 5.56 Å². The van der Waals surface area contributed by atoms with Crippen molar-refractivity contribution in [2.75, 3.05) is 0 Å². The van der Waals surface area contributed by atoms with Crippen LogP contribution in [0.1, 0.15) is 22.0 Å². The molecule has 0 saturated heterocycles. The lowest BCUT2D eigenvalue weighted by Gasteiger charge is -2.19. The van der Waals surface area contributed by atoms with Gasteiger partial charge in [-0.1, -0.05) is 67.2 Å². The first-order valence-electron chi connectivity index (χ1n) is 6.32.